The molecule has 1 N–H and O–H groups in total. The number of rotatable bonds is 18. The van der Waals surface area contributed by atoms with Gasteiger partial charge in [0.15, 0.2) is 5.60 Å². The lowest BCUT2D eigenvalue weighted by atomic mass is 10.00. The molecule has 3 atom stereocenters. The molecule has 1 aliphatic heterocycles. The SMILES string of the molecule is CCCCCCCCCCCCCCC[C@H]1O[C@]1(C)C(=O)N[C@H](C)COC(C)=O. The van der Waals surface area contributed by atoms with Crippen molar-refractivity contribution in [1.82, 2.24) is 5.32 Å². The predicted molar refractivity (Wildman–Crippen MR) is 118 cm³/mol. The molecule has 5 heteroatoms. The first kappa shape index (κ1) is 25.9. The first-order chi connectivity index (χ1) is 13.9. The highest BCUT2D eigenvalue weighted by Crippen LogP contribution is 2.39. The summed E-state index contributed by atoms with van der Waals surface area (Å²) in [5, 5.41) is 2.88. The molecule has 1 heterocycles. The van der Waals surface area contributed by atoms with Gasteiger partial charge in [0.05, 0.1) is 12.1 Å². The Bertz CT molecular complexity index is 468. The smallest absolute Gasteiger partial charge is 0.302 e. The Morgan fingerprint density at radius 1 is 0.931 bits per heavy atom. The summed E-state index contributed by atoms with van der Waals surface area (Å²) in [7, 11) is 0. The molecule has 1 amide bonds. The third-order valence-corrected chi connectivity index (χ3v) is 5.88. The first-order valence-corrected chi connectivity index (χ1v) is 12.0. The van der Waals surface area contributed by atoms with Gasteiger partial charge in [0.25, 0.3) is 5.91 Å². The van der Waals surface area contributed by atoms with Gasteiger partial charge in [-0.1, -0.05) is 90.4 Å². The number of nitrogens with one attached hydrogen (secondary N) is 1. The largest absolute Gasteiger partial charge is 0.464 e. The van der Waals surface area contributed by atoms with Gasteiger partial charge in [-0.2, -0.15) is 0 Å². The Hall–Kier alpha value is -1.10. The van der Waals surface area contributed by atoms with Crippen LogP contribution in [0.3, 0.4) is 0 Å². The van der Waals surface area contributed by atoms with Crippen LogP contribution >= 0.6 is 0 Å². The maximum atomic E-state index is 12.3. The summed E-state index contributed by atoms with van der Waals surface area (Å²) in [5.74, 6) is -0.433. The van der Waals surface area contributed by atoms with Gasteiger partial charge in [0.1, 0.15) is 6.61 Å². The van der Waals surface area contributed by atoms with Crippen molar-refractivity contribution in [1.29, 1.82) is 0 Å². The number of unbranched alkanes of at least 4 members (excludes halogenated alkanes) is 12. The summed E-state index contributed by atoms with van der Waals surface area (Å²) in [6, 6.07) is -0.204. The summed E-state index contributed by atoms with van der Waals surface area (Å²) in [5.41, 5.74) is -0.707. The molecule has 0 spiro atoms. The minimum atomic E-state index is -0.707. The molecule has 0 aromatic heterocycles. The van der Waals surface area contributed by atoms with Crippen LogP contribution in [0.15, 0.2) is 0 Å². The minimum absolute atomic E-state index is 0.0242. The van der Waals surface area contributed by atoms with Gasteiger partial charge >= 0.3 is 5.97 Å². The van der Waals surface area contributed by atoms with E-state index >= 15 is 0 Å². The summed E-state index contributed by atoms with van der Waals surface area (Å²) in [6.07, 6.45) is 18.4. The summed E-state index contributed by atoms with van der Waals surface area (Å²) in [6.45, 7) is 7.51. The van der Waals surface area contributed by atoms with E-state index in [9.17, 15) is 9.59 Å². The van der Waals surface area contributed by atoms with Crippen LogP contribution in [-0.4, -0.2) is 36.2 Å². The van der Waals surface area contributed by atoms with E-state index in [4.69, 9.17) is 9.47 Å². The predicted octanol–water partition coefficient (Wildman–Crippen LogP) is 5.69. The fourth-order valence-corrected chi connectivity index (χ4v) is 3.79. The quantitative estimate of drug-likeness (QED) is 0.179. The van der Waals surface area contributed by atoms with Crippen molar-refractivity contribution in [3.05, 3.63) is 0 Å². The second-order valence-corrected chi connectivity index (χ2v) is 8.92. The zero-order valence-electron chi connectivity index (χ0n) is 19.4. The molecule has 0 radical (unpaired) electrons. The molecule has 170 valence electrons. The van der Waals surface area contributed by atoms with Gasteiger partial charge in [-0.3, -0.25) is 9.59 Å². The zero-order valence-corrected chi connectivity index (χ0v) is 19.4. The Morgan fingerprint density at radius 2 is 1.41 bits per heavy atom. The summed E-state index contributed by atoms with van der Waals surface area (Å²) >= 11 is 0. The van der Waals surface area contributed by atoms with Gasteiger partial charge in [0.2, 0.25) is 0 Å². The van der Waals surface area contributed by atoms with E-state index in [2.05, 4.69) is 12.2 Å². The molecule has 0 bridgehead atoms. The Balaban J connectivity index is 1.94. The van der Waals surface area contributed by atoms with Crippen LogP contribution in [0, 0.1) is 0 Å². The van der Waals surface area contributed by atoms with Gasteiger partial charge < -0.3 is 14.8 Å². The van der Waals surface area contributed by atoms with Crippen LogP contribution < -0.4 is 5.32 Å². The number of carbonyl (C=O) groups excluding carboxylic acids is 2. The van der Waals surface area contributed by atoms with Crippen LogP contribution in [0.4, 0.5) is 0 Å². The number of ether oxygens (including phenoxy) is 2. The Kier molecular flexibility index (Phi) is 13.2. The van der Waals surface area contributed by atoms with Crippen LogP contribution in [0.2, 0.25) is 0 Å². The first-order valence-electron chi connectivity index (χ1n) is 12.0. The van der Waals surface area contributed by atoms with E-state index in [1.807, 2.05) is 13.8 Å². The third kappa shape index (κ3) is 11.6. The molecule has 0 unspecified atom stereocenters. The van der Waals surface area contributed by atoms with Crippen molar-refractivity contribution >= 4 is 11.9 Å². The Morgan fingerprint density at radius 3 is 1.90 bits per heavy atom. The van der Waals surface area contributed by atoms with Crippen molar-refractivity contribution in [3.63, 3.8) is 0 Å². The van der Waals surface area contributed by atoms with Gasteiger partial charge in [-0.25, -0.2) is 0 Å². The van der Waals surface area contributed by atoms with Crippen LogP contribution in [-0.2, 0) is 19.1 Å². The van der Waals surface area contributed by atoms with Gasteiger partial charge in [0, 0.05) is 6.92 Å². The highest BCUT2D eigenvalue weighted by Gasteiger charge is 2.57. The Labute approximate surface area is 178 Å². The molecule has 1 fully saturated rings. The lowest BCUT2D eigenvalue weighted by Gasteiger charge is -2.15. The standard InChI is InChI=1S/C24H45NO4/c1-5-6-7-8-9-10-11-12-13-14-15-16-17-18-22-24(4,29-22)23(27)25-20(2)19-28-21(3)26/h20,22H,5-19H2,1-4H3,(H,25,27)/t20-,22-,24+/m1/s1. The molecule has 5 nitrogen and oxygen atoms in total. The number of hydrogen-bond acceptors (Lipinski definition) is 4. The van der Waals surface area contributed by atoms with Crippen LogP contribution in [0.25, 0.3) is 0 Å². The molecule has 1 aliphatic rings. The normalized spacial score (nSPS) is 21.6. The molecule has 1 rings (SSSR count). The van der Waals surface area contributed by atoms with Crippen LogP contribution in [0.5, 0.6) is 0 Å². The minimum Gasteiger partial charge on any atom is -0.464 e. The van der Waals surface area contributed by atoms with E-state index < -0.39 is 5.60 Å². The molecule has 29 heavy (non-hydrogen) atoms. The topological polar surface area (TPSA) is 67.9 Å². The monoisotopic (exact) mass is 411 g/mol. The highest BCUT2D eigenvalue weighted by molar-refractivity contribution is 5.88. The number of esters is 1. The molecular weight excluding hydrogens is 366 g/mol. The molecule has 1 saturated heterocycles. The van der Waals surface area contributed by atoms with Crippen molar-refractivity contribution in [2.75, 3.05) is 6.61 Å². The van der Waals surface area contributed by atoms with E-state index in [1.54, 1.807) is 0 Å². The zero-order chi connectivity index (χ0) is 21.5. The van der Waals surface area contributed by atoms with Crippen molar-refractivity contribution in [2.45, 2.75) is 135 Å². The number of epoxide rings is 1. The fourth-order valence-electron chi connectivity index (χ4n) is 3.79. The number of amides is 1. The third-order valence-electron chi connectivity index (χ3n) is 5.88. The fraction of sp³-hybridized carbons (Fsp3) is 0.917. The van der Waals surface area contributed by atoms with Gasteiger partial charge in [-0.05, 0) is 20.3 Å². The van der Waals surface area contributed by atoms with Crippen molar-refractivity contribution < 1.29 is 19.1 Å². The van der Waals surface area contributed by atoms with Crippen molar-refractivity contribution in [2.24, 2.45) is 0 Å². The molecule has 0 saturated carbocycles. The van der Waals surface area contributed by atoms with E-state index in [0.717, 1.165) is 12.8 Å². The average molecular weight is 412 g/mol. The van der Waals surface area contributed by atoms with E-state index in [-0.39, 0.29) is 30.6 Å². The maximum Gasteiger partial charge on any atom is 0.302 e. The maximum absolute atomic E-state index is 12.3. The molecular formula is C24H45NO4. The van der Waals surface area contributed by atoms with E-state index in [1.165, 1.54) is 84.0 Å². The molecule has 0 aliphatic carbocycles. The highest BCUT2D eigenvalue weighted by atomic mass is 16.6. The molecule has 0 aromatic carbocycles. The number of carbonyl (C=O) groups is 2. The van der Waals surface area contributed by atoms with Crippen molar-refractivity contribution in [3.8, 4) is 0 Å². The average Bonchev–Trinajstić information content (AvgIpc) is 3.35. The molecule has 0 aromatic rings. The summed E-state index contributed by atoms with van der Waals surface area (Å²) < 4.78 is 10.6. The lowest BCUT2D eigenvalue weighted by molar-refractivity contribution is -0.142. The second kappa shape index (κ2) is 14.8. The van der Waals surface area contributed by atoms with E-state index in [0.29, 0.717) is 0 Å². The number of hydrogen-bond donors (Lipinski definition) is 1. The lowest BCUT2D eigenvalue weighted by Crippen LogP contribution is -2.44. The van der Waals surface area contributed by atoms with Crippen LogP contribution in [0.1, 0.15) is 118 Å². The van der Waals surface area contributed by atoms with Gasteiger partial charge in [-0.15, -0.1) is 0 Å². The second-order valence-electron chi connectivity index (χ2n) is 8.92. The summed E-state index contributed by atoms with van der Waals surface area (Å²) in [4.78, 5) is 23.2.